The van der Waals surface area contributed by atoms with E-state index < -0.39 is 0 Å². The molecule has 0 bridgehead atoms. The molecule has 0 unspecified atom stereocenters. The van der Waals surface area contributed by atoms with Crippen LogP contribution in [0, 0.1) is 0 Å². The predicted octanol–water partition coefficient (Wildman–Crippen LogP) is 4.35. The molecule has 1 N–H and O–H groups in total. The Hall–Kier alpha value is -0.640. The minimum Gasteiger partial charge on any atom is -0.313 e. The first-order valence-corrected chi connectivity index (χ1v) is 8.24. The number of benzene rings is 1. The number of nitrogens with zero attached hydrogens (tertiary/aromatic N) is 1. The summed E-state index contributed by atoms with van der Waals surface area (Å²) < 4.78 is 1.21. The summed E-state index contributed by atoms with van der Waals surface area (Å²) in [5, 5.41) is 3.43. The average molecular weight is 339 g/mol. The molecule has 0 aliphatic rings. The van der Waals surface area contributed by atoms with E-state index in [0.717, 1.165) is 32.6 Å². The van der Waals surface area contributed by atoms with Gasteiger partial charge in [-0.25, -0.2) is 0 Å². The molecule has 0 saturated heterocycles. The quantitative estimate of drug-likeness (QED) is 0.504. The Morgan fingerprint density at radius 2 is 2.20 bits per heavy atom. The van der Waals surface area contributed by atoms with Crippen LogP contribution >= 0.6 is 15.9 Å². The molecule has 1 aromatic carbocycles. The molecule has 0 heterocycles. The summed E-state index contributed by atoms with van der Waals surface area (Å²) in [6.45, 7) is 10.1. The maximum absolute atomic E-state index is 3.76. The van der Waals surface area contributed by atoms with E-state index in [1.54, 1.807) is 0 Å². The van der Waals surface area contributed by atoms with Gasteiger partial charge in [0.05, 0.1) is 0 Å². The highest BCUT2D eigenvalue weighted by Gasteiger charge is 2.05. The standard InChI is InChI=1S/C17H27BrN2/c1-4-6-7-11-20(3)14-16-9-8-15(12-17(16)18)13-19-10-5-2/h4,8-9,12,19H,1,5-7,10-11,13-14H2,2-3H3. The number of unbranched alkanes of at least 4 members (excludes halogenated alkanes) is 1. The predicted molar refractivity (Wildman–Crippen MR) is 91.9 cm³/mol. The molecule has 0 atom stereocenters. The van der Waals surface area contributed by atoms with E-state index in [0.29, 0.717) is 0 Å². The van der Waals surface area contributed by atoms with Crippen molar-refractivity contribution in [2.24, 2.45) is 0 Å². The van der Waals surface area contributed by atoms with Gasteiger partial charge in [-0.15, -0.1) is 6.58 Å². The van der Waals surface area contributed by atoms with Crippen LogP contribution in [0.4, 0.5) is 0 Å². The Balaban J connectivity index is 2.48. The number of rotatable bonds is 10. The van der Waals surface area contributed by atoms with Gasteiger partial charge < -0.3 is 10.2 Å². The number of halogens is 1. The maximum atomic E-state index is 3.76. The SMILES string of the molecule is C=CCCCN(C)Cc1ccc(CNCCC)cc1Br. The van der Waals surface area contributed by atoms with E-state index in [1.165, 1.54) is 28.4 Å². The third-order valence-corrected chi connectivity index (χ3v) is 4.00. The van der Waals surface area contributed by atoms with Crippen LogP contribution in [-0.4, -0.2) is 25.0 Å². The summed E-state index contributed by atoms with van der Waals surface area (Å²) in [6.07, 6.45) is 5.43. The van der Waals surface area contributed by atoms with Crippen LogP contribution in [0.1, 0.15) is 37.3 Å². The third kappa shape index (κ3) is 6.69. The zero-order chi connectivity index (χ0) is 14.8. The van der Waals surface area contributed by atoms with Gasteiger partial charge >= 0.3 is 0 Å². The minimum atomic E-state index is 0.946. The molecule has 0 spiro atoms. The highest BCUT2D eigenvalue weighted by Crippen LogP contribution is 2.20. The minimum absolute atomic E-state index is 0.946. The van der Waals surface area contributed by atoms with Crippen molar-refractivity contribution in [1.82, 2.24) is 10.2 Å². The van der Waals surface area contributed by atoms with Crippen molar-refractivity contribution in [3.05, 3.63) is 46.5 Å². The summed E-state index contributed by atoms with van der Waals surface area (Å²) in [4.78, 5) is 2.36. The van der Waals surface area contributed by atoms with Crippen LogP contribution in [0.2, 0.25) is 0 Å². The number of allylic oxidation sites excluding steroid dienone is 1. The number of nitrogens with one attached hydrogen (secondary N) is 1. The van der Waals surface area contributed by atoms with Gasteiger partial charge in [0.15, 0.2) is 0 Å². The van der Waals surface area contributed by atoms with Crippen LogP contribution in [-0.2, 0) is 13.1 Å². The molecule has 0 aliphatic heterocycles. The monoisotopic (exact) mass is 338 g/mol. The summed E-state index contributed by atoms with van der Waals surface area (Å²) in [7, 11) is 2.17. The van der Waals surface area contributed by atoms with Gasteiger partial charge in [0.25, 0.3) is 0 Å². The van der Waals surface area contributed by atoms with Crippen molar-refractivity contribution < 1.29 is 0 Å². The van der Waals surface area contributed by atoms with Gasteiger partial charge in [-0.1, -0.05) is 41.1 Å². The molecule has 2 nitrogen and oxygen atoms in total. The van der Waals surface area contributed by atoms with Crippen molar-refractivity contribution >= 4 is 15.9 Å². The Bertz CT molecular complexity index is 404. The third-order valence-electron chi connectivity index (χ3n) is 3.26. The van der Waals surface area contributed by atoms with E-state index >= 15 is 0 Å². The van der Waals surface area contributed by atoms with Crippen LogP contribution in [0.5, 0.6) is 0 Å². The molecular weight excluding hydrogens is 312 g/mol. The lowest BCUT2D eigenvalue weighted by atomic mass is 10.1. The maximum Gasteiger partial charge on any atom is 0.0241 e. The molecule has 3 heteroatoms. The molecular formula is C17H27BrN2. The fraction of sp³-hybridized carbons (Fsp3) is 0.529. The zero-order valence-corrected chi connectivity index (χ0v) is 14.4. The Morgan fingerprint density at radius 3 is 2.85 bits per heavy atom. The van der Waals surface area contributed by atoms with E-state index in [2.05, 4.69) is 64.9 Å². The molecule has 1 aromatic rings. The summed E-state index contributed by atoms with van der Waals surface area (Å²) in [5.74, 6) is 0. The zero-order valence-electron chi connectivity index (χ0n) is 12.8. The van der Waals surface area contributed by atoms with Crippen LogP contribution < -0.4 is 5.32 Å². The molecule has 0 fully saturated rings. The van der Waals surface area contributed by atoms with Gasteiger partial charge in [0.2, 0.25) is 0 Å². The molecule has 0 radical (unpaired) electrons. The first-order chi connectivity index (χ1) is 9.67. The Morgan fingerprint density at radius 1 is 1.40 bits per heavy atom. The summed E-state index contributed by atoms with van der Waals surface area (Å²) in [5.41, 5.74) is 2.69. The van der Waals surface area contributed by atoms with Crippen molar-refractivity contribution in [3.63, 3.8) is 0 Å². The topological polar surface area (TPSA) is 15.3 Å². The highest BCUT2D eigenvalue weighted by atomic mass is 79.9. The van der Waals surface area contributed by atoms with Crippen molar-refractivity contribution in [1.29, 1.82) is 0 Å². The first-order valence-electron chi connectivity index (χ1n) is 7.44. The molecule has 1 rings (SSSR count). The van der Waals surface area contributed by atoms with E-state index in [-0.39, 0.29) is 0 Å². The second-order valence-electron chi connectivity index (χ2n) is 5.27. The van der Waals surface area contributed by atoms with Crippen LogP contribution in [0.3, 0.4) is 0 Å². The van der Waals surface area contributed by atoms with Crippen molar-refractivity contribution in [2.75, 3.05) is 20.1 Å². The second-order valence-corrected chi connectivity index (χ2v) is 6.13. The van der Waals surface area contributed by atoms with Gasteiger partial charge in [0, 0.05) is 17.6 Å². The lowest BCUT2D eigenvalue weighted by Gasteiger charge is -2.17. The fourth-order valence-corrected chi connectivity index (χ4v) is 2.67. The number of hydrogen-bond donors (Lipinski definition) is 1. The molecule has 0 aliphatic carbocycles. The van der Waals surface area contributed by atoms with Crippen LogP contribution in [0.25, 0.3) is 0 Å². The first kappa shape index (κ1) is 17.4. The summed E-state index contributed by atoms with van der Waals surface area (Å²) in [6, 6.07) is 6.69. The smallest absolute Gasteiger partial charge is 0.0241 e. The van der Waals surface area contributed by atoms with E-state index in [4.69, 9.17) is 0 Å². The Kier molecular flexibility index (Phi) is 8.83. The van der Waals surface area contributed by atoms with Crippen LogP contribution in [0.15, 0.2) is 35.3 Å². The molecule has 0 aromatic heterocycles. The largest absolute Gasteiger partial charge is 0.313 e. The summed E-state index contributed by atoms with van der Waals surface area (Å²) >= 11 is 3.70. The normalized spacial score (nSPS) is 11.0. The molecule has 20 heavy (non-hydrogen) atoms. The highest BCUT2D eigenvalue weighted by molar-refractivity contribution is 9.10. The fourth-order valence-electron chi connectivity index (χ4n) is 2.11. The van der Waals surface area contributed by atoms with Gasteiger partial charge in [-0.2, -0.15) is 0 Å². The second kappa shape index (κ2) is 10.1. The van der Waals surface area contributed by atoms with Gasteiger partial charge in [-0.3, -0.25) is 0 Å². The Labute approximate surface area is 132 Å². The molecule has 112 valence electrons. The van der Waals surface area contributed by atoms with E-state index in [9.17, 15) is 0 Å². The van der Waals surface area contributed by atoms with E-state index in [1.807, 2.05) is 6.08 Å². The lowest BCUT2D eigenvalue weighted by Crippen LogP contribution is -2.19. The van der Waals surface area contributed by atoms with Crippen molar-refractivity contribution in [2.45, 2.75) is 39.3 Å². The molecule has 0 saturated carbocycles. The van der Waals surface area contributed by atoms with Gasteiger partial charge in [-0.05, 0) is 56.6 Å². The average Bonchev–Trinajstić information content (AvgIpc) is 2.42. The van der Waals surface area contributed by atoms with Gasteiger partial charge in [0.1, 0.15) is 0 Å². The molecule has 0 amide bonds. The number of hydrogen-bond acceptors (Lipinski definition) is 2. The van der Waals surface area contributed by atoms with Crippen molar-refractivity contribution in [3.8, 4) is 0 Å². The lowest BCUT2D eigenvalue weighted by molar-refractivity contribution is 0.322.